The predicted octanol–water partition coefficient (Wildman–Crippen LogP) is 0.534. The van der Waals surface area contributed by atoms with Crippen LogP contribution in [0, 0.1) is 17.1 Å². The Morgan fingerprint density at radius 3 is 2.93 bits per heavy atom. The first-order chi connectivity index (χ1) is 6.94. The highest BCUT2D eigenvalue weighted by molar-refractivity contribution is 7.92. The molecule has 0 aromatic carbocycles. The van der Waals surface area contributed by atoms with Crippen LogP contribution in [0.25, 0.3) is 0 Å². The van der Waals surface area contributed by atoms with Crippen LogP contribution in [0.2, 0.25) is 5.28 Å². The van der Waals surface area contributed by atoms with Crippen LogP contribution in [0.5, 0.6) is 0 Å². The Morgan fingerprint density at radius 2 is 2.33 bits per heavy atom. The molecule has 0 aliphatic carbocycles. The first-order valence-corrected chi connectivity index (χ1v) is 5.53. The van der Waals surface area contributed by atoms with Crippen molar-refractivity contribution in [2.45, 2.75) is 0 Å². The normalized spacial score (nSPS) is 10.7. The number of halogens is 2. The molecule has 1 rings (SSSR count). The van der Waals surface area contributed by atoms with Crippen LogP contribution in [0.3, 0.4) is 0 Å². The molecule has 6 nitrogen and oxygen atoms in total. The fourth-order valence-electron chi connectivity index (χ4n) is 0.686. The van der Waals surface area contributed by atoms with Gasteiger partial charge >= 0.3 is 0 Å². The highest BCUT2D eigenvalue weighted by atomic mass is 35.5. The van der Waals surface area contributed by atoms with Crippen molar-refractivity contribution in [1.82, 2.24) is 9.97 Å². The molecule has 1 aromatic heterocycles. The molecule has 0 saturated heterocycles. The lowest BCUT2D eigenvalue weighted by Gasteiger charge is -2.04. The number of nitrogens with one attached hydrogen (secondary N) is 1. The molecule has 0 atom stereocenters. The summed E-state index contributed by atoms with van der Waals surface area (Å²) in [6, 6.07) is 1.41. The van der Waals surface area contributed by atoms with Crippen molar-refractivity contribution in [2.24, 2.45) is 0 Å². The summed E-state index contributed by atoms with van der Waals surface area (Å²) >= 11 is 5.33. The van der Waals surface area contributed by atoms with Crippen molar-refractivity contribution in [3.05, 3.63) is 17.3 Å². The third kappa shape index (κ3) is 3.30. The molecule has 80 valence electrons. The minimum atomic E-state index is -3.92. The van der Waals surface area contributed by atoms with Gasteiger partial charge in [0.2, 0.25) is 15.3 Å². The van der Waals surface area contributed by atoms with Gasteiger partial charge in [0, 0.05) is 0 Å². The molecule has 0 aliphatic heterocycles. The second-order valence-electron chi connectivity index (χ2n) is 2.35. The van der Waals surface area contributed by atoms with Crippen LogP contribution in [-0.4, -0.2) is 24.1 Å². The summed E-state index contributed by atoms with van der Waals surface area (Å²) in [5.74, 6) is -2.35. The molecule has 9 heteroatoms. The maximum atomic E-state index is 12.9. The molecule has 0 aliphatic rings. The van der Waals surface area contributed by atoms with Gasteiger partial charge < -0.3 is 0 Å². The van der Waals surface area contributed by atoms with Crippen molar-refractivity contribution < 1.29 is 12.8 Å². The van der Waals surface area contributed by atoms with Crippen LogP contribution in [-0.2, 0) is 10.0 Å². The van der Waals surface area contributed by atoms with Crippen molar-refractivity contribution in [3.63, 3.8) is 0 Å². The molecular formula is C6H4ClFN4O2S. The average molecular weight is 251 g/mol. The third-order valence-corrected chi connectivity index (χ3v) is 2.42. The van der Waals surface area contributed by atoms with Crippen LogP contribution in [0.4, 0.5) is 10.2 Å². The average Bonchev–Trinajstić information content (AvgIpc) is 2.10. The van der Waals surface area contributed by atoms with Gasteiger partial charge in [-0.15, -0.1) is 0 Å². The molecule has 1 heterocycles. The number of nitriles is 1. The number of nitrogens with zero attached hydrogens (tertiary/aromatic N) is 3. The third-order valence-electron chi connectivity index (χ3n) is 1.22. The molecule has 15 heavy (non-hydrogen) atoms. The lowest BCUT2D eigenvalue weighted by Crippen LogP contribution is -2.17. The van der Waals surface area contributed by atoms with Gasteiger partial charge in [-0.3, -0.25) is 4.72 Å². The first-order valence-electron chi connectivity index (χ1n) is 3.50. The van der Waals surface area contributed by atoms with Crippen molar-refractivity contribution in [3.8, 4) is 6.07 Å². The van der Waals surface area contributed by atoms with Gasteiger partial charge in [0.25, 0.3) is 0 Å². The predicted molar refractivity (Wildman–Crippen MR) is 50.0 cm³/mol. The van der Waals surface area contributed by atoms with Gasteiger partial charge in [0.15, 0.2) is 17.4 Å². The Hall–Kier alpha value is -1.46. The largest absolute Gasteiger partial charge is 0.264 e. The Labute approximate surface area is 89.8 Å². The van der Waals surface area contributed by atoms with E-state index >= 15 is 0 Å². The number of hydrogen-bond acceptors (Lipinski definition) is 5. The topological polar surface area (TPSA) is 95.7 Å². The van der Waals surface area contributed by atoms with Gasteiger partial charge in [-0.05, 0) is 11.6 Å². The second kappa shape index (κ2) is 4.37. The molecule has 0 bridgehead atoms. The zero-order valence-electron chi connectivity index (χ0n) is 7.11. The fourth-order valence-corrected chi connectivity index (χ4v) is 1.50. The van der Waals surface area contributed by atoms with E-state index < -0.39 is 27.4 Å². The Balaban J connectivity index is 3.00. The maximum absolute atomic E-state index is 12.9. The zero-order chi connectivity index (χ0) is 11.5. The van der Waals surface area contributed by atoms with Crippen LogP contribution in [0.15, 0.2) is 6.20 Å². The SMILES string of the molecule is N#CCS(=O)(=O)Nc1nc(Cl)ncc1F. The van der Waals surface area contributed by atoms with Crippen LogP contribution < -0.4 is 4.72 Å². The minimum absolute atomic E-state index is 0.300. The van der Waals surface area contributed by atoms with Gasteiger partial charge in [0.1, 0.15) is 0 Å². The molecule has 1 N–H and O–H groups in total. The summed E-state index contributed by atoms with van der Waals surface area (Å²) in [5, 5.41) is 7.88. The van der Waals surface area contributed by atoms with Gasteiger partial charge in [-0.1, -0.05) is 0 Å². The molecule has 0 spiro atoms. The Morgan fingerprint density at radius 1 is 1.67 bits per heavy atom. The molecule has 1 aromatic rings. The van der Waals surface area contributed by atoms with E-state index in [1.807, 2.05) is 0 Å². The van der Waals surface area contributed by atoms with E-state index in [9.17, 15) is 12.8 Å². The van der Waals surface area contributed by atoms with Crippen molar-refractivity contribution in [2.75, 3.05) is 10.5 Å². The summed E-state index contributed by atoms with van der Waals surface area (Å²) in [4.78, 5) is 6.61. The van der Waals surface area contributed by atoms with Gasteiger partial charge in [-0.2, -0.15) is 10.2 Å². The summed E-state index contributed by atoms with van der Waals surface area (Å²) in [6.07, 6.45) is 0.722. The van der Waals surface area contributed by atoms with Crippen molar-refractivity contribution in [1.29, 1.82) is 5.26 Å². The fraction of sp³-hybridized carbons (Fsp3) is 0.167. The summed E-state index contributed by atoms with van der Waals surface area (Å²) < 4.78 is 36.8. The zero-order valence-corrected chi connectivity index (χ0v) is 8.68. The van der Waals surface area contributed by atoms with E-state index in [0.717, 1.165) is 6.20 Å². The quantitative estimate of drug-likeness (QED) is 0.790. The highest BCUT2D eigenvalue weighted by Crippen LogP contribution is 2.13. The molecular weight excluding hydrogens is 247 g/mol. The Bertz CT molecular complexity index is 512. The van der Waals surface area contributed by atoms with Crippen LogP contribution in [0.1, 0.15) is 0 Å². The summed E-state index contributed by atoms with van der Waals surface area (Å²) in [6.45, 7) is 0. The number of rotatable bonds is 3. The lowest BCUT2D eigenvalue weighted by molar-refractivity contribution is 0.599. The maximum Gasteiger partial charge on any atom is 0.247 e. The molecule has 0 unspecified atom stereocenters. The number of anilines is 1. The van der Waals surface area contributed by atoms with E-state index in [1.54, 1.807) is 4.72 Å². The minimum Gasteiger partial charge on any atom is -0.264 e. The number of sulfonamides is 1. The monoisotopic (exact) mass is 250 g/mol. The smallest absolute Gasteiger partial charge is 0.247 e. The van der Waals surface area contributed by atoms with Gasteiger partial charge in [0.05, 0.1) is 12.3 Å². The highest BCUT2D eigenvalue weighted by Gasteiger charge is 2.14. The van der Waals surface area contributed by atoms with E-state index in [-0.39, 0.29) is 5.28 Å². The first kappa shape index (κ1) is 11.6. The number of hydrogen-bond donors (Lipinski definition) is 1. The van der Waals surface area contributed by atoms with E-state index in [4.69, 9.17) is 16.9 Å². The molecule has 0 radical (unpaired) electrons. The van der Waals surface area contributed by atoms with E-state index in [1.165, 1.54) is 6.07 Å². The van der Waals surface area contributed by atoms with Crippen LogP contribution >= 0.6 is 11.6 Å². The van der Waals surface area contributed by atoms with Crippen molar-refractivity contribution >= 4 is 27.4 Å². The lowest BCUT2D eigenvalue weighted by atomic mass is 10.6. The summed E-state index contributed by atoms with van der Waals surface area (Å²) in [7, 11) is -3.92. The molecule has 0 saturated carbocycles. The number of aromatic nitrogens is 2. The second-order valence-corrected chi connectivity index (χ2v) is 4.42. The van der Waals surface area contributed by atoms with E-state index in [2.05, 4.69) is 9.97 Å². The Kier molecular flexibility index (Phi) is 3.39. The standard InChI is InChI=1S/C6H4ClFN4O2S/c7-6-10-3-4(8)5(11-6)12-15(13,14)2-1-9/h3H,2H2,(H,10,11,12). The van der Waals surface area contributed by atoms with Gasteiger partial charge in [-0.25, -0.2) is 17.8 Å². The molecule has 0 fully saturated rings. The van der Waals surface area contributed by atoms with E-state index in [0.29, 0.717) is 0 Å². The molecule has 0 amide bonds. The summed E-state index contributed by atoms with van der Waals surface area (Å²) in [5.41, 5.74) is 0.